The van der Waals surface area contributed by atoms with Gasteiger partial charge in [-0.1, -0.05) is 55.5 Å². The monoisotopic (exact) mass is 300 g/mol. The number of nitrogens with one attached hydrogen (secondary N) is 1. The minimum atomic E-state index is -0.851. The summed E-state index contributed by atoms with van der Waals surface area (Å²) in [4.78, 5) is 13.3. The van der Waals surface area contributed by atoms with Crippen molar-refractivity contribution in [1.82, 2.24) is 5.32 Å². The lowest BCUT2D eigenvalue weighted by molar-refractivity contribution is -0.123. The van der Waals surface area contributed by atoms with Gasteiger partial charge in [0.25, 0.3) is 0 Å². The molecule has 0 bridgehead atoms. The molecule has 0 aliphatic carbocycles. The molecule has 1 unspecified atom stereocenters. The van der Waals surface area contributed by atoms with E-state index < -0.39 is 5.54 Å². The molecule has 21 heavy (non-hydrogen) atoms. The Morgan fingerprint density at radius 1 is 1.10 bits per heavy atom. The van der Waals surface area contributed by atoms with E-state index in [-0.39, 0.29) is 5.91 Å². The Kier molecular flexibility index (Phi) is 5.42. The highest BCUT2D eigenvalue weighted by Crippen LogP contribution is 2.29. The summed E-state index contributed by atoms with van der Waals surface area (Å²) < 4.78 is 0. The Morgan fingerprint density at radius 2 is 1.67 bits per heavy atom. The van der Waals surface area contributed by atoms with Crippen LogP contribution in [0.4, 0.5) is 0 Å². The summed E-state index contributed by atoms with van der Waals surface area (Å²) in [5, 5.41) is 3.29. The molecule has 2 aromatic carbocycles. The molecule has 2 aromatic rings. The smallest absolute Gasteiger partial charge is 0.243 e. The second-order valence-electron chi connectivity index (χ2n) is 4.77. The number of benzene rings is 2. The standard InChI is InChI=1S/C17H20N2OS/c1-2-19-17(16(18)20,14-9-5-3-6-10-14)13-21-15-11-7-4-8-12-15/h3-12,19H,2,13H2,1H3,(H2,18,20). The minimum absolute atomic E-state index is 0.348. The van der Waals surface area contributed by atoms with Crippen LogP contribution in [0.2, 0.25) is 0 Å². The molecule has 4 heteroatoms. The van der Waals surface area contributed by atoms with Crippen molar-refractivity contribution in [3.05, 3.63) is 66.2 Å². The number of thioether (sulfide) groups is 1. The molecular weight excluding hydrogens is 280 g/mol. The van der Waals surface area contributed by atoms with Gasteiger partial charge in [-0.15, -0.1) is 11.8 Å². The lowest BCUT2D eigenvalue weighted by Gasteiger charge is -2.31. The van der Waals surface area contributed by atoms with E-state index in [2.05, 4.69) is 5.32 Å². The Morgan fingerprint density at radius 3 is 2.19 bits per heavy atom. The average Bonchev–Trinajstić information content (AvgIpc) is 2.53. The third-order valence-corrected chi connectivity index (χ3v) is 4.55. The van der Waals surface area contributed by atoms with Gasteiger partial charge in [-0.05, 0) is 24.2 Å². The molecule has 1 atom stereocenters. The van der Waals surface area contributed by atoms with Gasteiger partial charge in [-0.2, -0.15) is 0 Å². The zero-order valence-corrected chi connectivity index (χ0v) is 12.9. The van der Waals surface area contributed by atoms with Crippen LogP contribution in [0.5, 0.6) is 0 Å². The number of carbonyl (C=O) groups excluding carboxylic acids is 1. The molecule has 0 spiro atoms. The summed E-state index contributed by atoms with van der Waals surface area (Å²) in [5.41, 5.74) is 5.79. The summed E-state index contributed by atoms with van der Waals surface area (Å²) in [6.45, 7) is 2.65. The Balaban J connectivity index is 2.29. The third-order valence-electron chi connectivity index (χ3n) is 3.36. The van der Waals surface area contributed by atoms with Crippen molar-refractivity contribution in [2.45, 2.75) is 17.4 Å². The van der Waals surface area contributed by atoms with Crippen molar-refractivity contribution in [3.8, 4) is 0 Å². The first kappa shape index (κ1) is 15.6. The third kappa shape index (κ3) is 3.65. The largest absolute Gasteiger partial charge is 0.368 e. The molecule has 3 nitrogen and oxygen atoms in total. The summed E-state index contributed by atoms with van der Waals surface area (Å²) in [6, 6.07) is 19.7. The molecular formula is C17H20N2OS. The van der Waals surface area contributed by atoms with Gasteiger partial charge in [0.2, 0.25) is 5.91 Å². The van der Waals surface area contributed by atoms with E-state index in [1.165, 1.54) is 0 Å². The van der Waals surface area contributed by atoms with Crippen molar-refractivity contribution < 1.29 is 4.79 Å². The van der Waals surface area contributed by atoms with Gasteiger partial charge in [0.05, 0.1) is 0 Å². The van der Waals surface area contributed by atoms with Crippen LogP contribution >= 0.6 is 11.8 Å². The van der Waals surface area contributed by atoms with Gasteiger partial charge in [-0.3, -0.25) is 10.1 Å². The highest BCUT2D eigenvalue weighted by atomic mass is 32.2. The molecule has 0 aliphatic rings. The van der Waals surface area contributed by atoms with Crippen LogP contribution < -0.4 is 11.1 Å². The number of hydrogen-bond acceptors (Lipinski definition) is 3. The highest BCUT2D eigenvalue weighted by molar-refractivity contribution is 7.99. The van der Waals surface area contributed by atoms with E-state index in [9.17, 15) is 4.79 Å². The molecule has 3 N–H and O–H groups in total. The Hall–Kier alpha value is -1.78. The van der Waals surface area contributed by atoms with Crippen molar-refractivity contribution in [2.24, 2.45) is 5.73 Å². The molecule has 0 fully saturated rings. The van der Waals surface area contributed by atoms with E-state index in [1.807, 2.05) is 67.6 Å². The molecule has 0 aliphatic heterocycles. The molecule has 0 radical (unpaired) electrons. The summed E-state index contributed by atoms with van der Waals surface area (Å²) >= 11 is 1.63. The van der Waals surface area contributed by atoms with Crippen molar-refractivity contribution in [3.63, 3.8) is 0 Å². The first-order valence-electron chi connectivity index (χ1n) is 6.97. The fourth-order valence-corrected chi connectivity index (χ4v) is 3.41. The molecule has 0 heterocycles. The maximum absolute atomic E-state index is 12.2. The van der Waals surface area contributed by atoms with Gasteiger partial charge in [-0.25, -0.2) is 0 Å². The number of primary amides is 1. The zero-order valence-electron chi connectivity index (χ0n) is 12.1. The maximum atomic E-state index is 12.2. The predicted molar refractivity (Wildman–Crippen MR) is 88.2 cm³/mol. The molecule has 2 rings (SSSR count). The van der Waals surface area contributed by atoms with Crippen molar-refractivity contribution in [1.29, 1.82) is 0 Å². The lowest BCUT2D eigenvalue weighted by atomic mass is 9.91. The van der Waals surface area contributed by atoms with E-state index >= 15 is 0 Å². The van der Waals surface area contributed by atoms with Crippen LogP contribution in [-0.2, 0) is 10.3 Å². The lowest BCUT2D eigenvalue weighted by Crippen LogP contribution is -2.54. The minimum Gasteiger partial charge on any atom is -0.368 e. The van der Waals surface area contributed by atoms with E-state index in [4.69, 9.17) is 5.73 Å². The Bertz CT molecular complexity index is 574. The van der Waals surface area contributed by atoms with Gasteiger partial charge in [0.15, 0.2) is 0 Å². The molecule has 1 amide bonds. The molecule has 0 saturated heterocycles. The quantitative estimate of drug-likeness (QED) is 0.773. The predicted octanol–water partition coefficient (Wildman–Crippen LogP) is 2.77. The average molecular weight is 300 g/mol. The molecule has 0 aromatic heterocycles. The van der Waals surface area contributed by atoms with Crippen LogP contribution in [0.15, 0.2) is 65.6 Å². The fourth-order valence-electron chi connectivity index (χ4n) is 2.27. The SMILES string of the molecule is CCNC(CSc1ccccc1)(C(N)=O)c1ccccc1. The number of hydrogen-bond donors (Lipinski definition) is 2. The van der Waals surface area contributed by atoms with Gasteiger partial charge in [0, 0.05) is 10.6 Å². The second-order valence-corrected chi connectivity index (χ2v) is 5.82. The number of likely N-dealkylation sites (N-methyl/N-ethyl adjacent to an activating group) is 1. The molecule has 0 saturated carbocycles. The van der Waals surface area contributed by atoms with Gasteiger partial charge in [0.1, 0.15) is 5.54 Å². The summed E-state index contributed by atoms with van der Waals surface area (Å²) in [6.07, 6.45) is 0. The first-order valence-corrected chi connectivity index (χ1v) is 7.96. The summed E-state index contributed by atoms with van der Waals surface area (Å²) in [5.74, 6) is 0.212. The van der Waals surface area contributed by atoms with Crippen LogP contribution in [-0.4, -0.2) is 18.2 Å². The van der Waals surface area contributed by atoms with Crippen LogP contribution in [0, 0.1) is 0 Å². The normalized spacial score (nSPS) is 13.6. The highest BCUT2D eigenvalue weighted by Gasteiger charge is 2.37. The topological polar surface area (TPSA) is 55.1 Å². The van der Waals surface area contributed by atoms with Crippen molar-refractivity contribution >= 4 is 17.7 Å². The van der Waals surface area contributed by atoms with E-state index in [1.54, 1.807) is 11.8 Å². The number of nitrogens with two attached hydrogens (primary N) is 1. The van der Waals surface area contributed by atoms with Crippen LogP contribution in [0.3, 0.4) is 0 Å². The molecule has 110 valence electrons. The summed E-state index contributed by atoms with van der Waals surface area (Å²) in [7, 11) is 0. The Labute approximate surface area is 129 Å². The van der Waals surface area contributed by atoms with Gasteiger partial charge >= 0.3 is 0 Å². The number of carbonyl (C=O) groups is 1. The first-order chi connectivity index (χ1) is 10.2. The fraction of sp³-hybridized carbons (Fsp3) is 0.235. The number of rotatable bonds is 7. The van der Waals surface area contributed by atoms with Crippen LogP contribution in [0.1, 0.15) is 12.5 Å². The van der Waals surface area contributed by atoms with Crippen LogP contribution in [0.25, 0.3) is 0 Å². The zero-order chi connectivity index (χ0) is 15.1. The second kappa shape index (κ2) is 7.29. The van der Waals surface area contributed by atoms with E-state index in [0.29, 0.717) is 12.3 Å². The van der Waals surface area contributed by atoms with E-state index in [0.717, 1.165) is 10.5 Å². The maximum Gasteiger partial charge on any atom is 0.243 e. The van der Waals surface area contributed by atoms with Gasteiger partial charge < -0.3 is 5.73 Å². The van der Waals surface area contributed by atoms with Crippen molar-refractivity contribution in [2.75, 3.05) is 12.3 Å². The number of amides is 1.